The highest BCUT2D eigenvalue weighted by molar-refractivity contribution is 5.69. The van der Waals surface area contributed by atoms with E-state index < -0.39 is 0 Å². The first-order valence-electron chi connectivity index (χ1n) is 3.95. The van der Waals surface area contributed by atoms with Crippen LogP contribution in [-0.2, 0) is 13.1 Å². The summed E-state index contributed by atoms with van der Waals surface area (Å²) in [5.41, 5.74) is 1.72. The third-order valence-corrected chi connectivity index (χ3v) is 2.14. The van der Waals surface area contributed by atoms with Gasteiger partial charge < -0.3 is 14.4 Å². The number of hydrogen-bond acceptors (Lipinski definition) is 4. The molecule has 5 nitrogen and oxygen atoms in total. The maximum Gasteiger partial charge on any atom is 0.203 e. The van der Waals surface area contributed by atoms with Gasteiger partial charge in [0.05, 0.1) is 6.54 Å². The van der Waals surface area contributed by atoms with Gasteiger partial charge in [0.1, 0.15) is 11.3 Å². The first kappa shape index (κ1) is 6.19. The first-order valence-corrected chi connectivity index (χ1v) is 3.95. The zero-order valence-electron chi connectivity index (χ0n) is 6.45. The van der Waals surface area contributed by atoms with E-state index in [0.29, 0.717) is 0 Å². The molecule has 1 N–H and O–H groups in total. The van der Waals surface area contributed by atoms with E-state index >= 15 is 0 Å². The average molecular weight is 164 g/mol. The number of aromatic nitrogens is 3. The Morgan fingerprint density at radius 1 is 1.58 bits per heavy atom. The highest BCUT2D eigenvalue weighted by Gasteiger charge is 2.15. The zero-order valence-corrected chi connectivity index (χ0v) is 6.45. The molecular weight excluding hydrogens is 156 g/mol. The van der Waals surface area contributed by atoms with Crippen molar-refractivity contribution in [2.45, 2.75) is 13.1 Å². The lowest BCUT2D eigenvalue weighted by molar-refractivity contribution is 0.416. The Kier molecular flexibility index (Phi) is 1.07. The molecule has 0 aliphatic carbocycles. The smallest absolute Gasteiger partial charge is 0.203 e. The minimum absolute atomic E-state index is 0.830. The quantitative estimate of drug-likeness (QED) is 0.601. The lowest BCUT2D eigenvalue weighted by Gasteiger charge is -2.13. The summed E-state index contributed by atoms with van der Waals surface area (Å²) in [5, 5.41) is 7.14. The van der Waals surface area contributed by atoms with Crippen LogP contribution in [0.25, 0.3) is 11.2 Å². The molecule has 3 rings (SSSR count). The van der Waals surface area contributed by atoms with Crippen LogP contribution in [-0.4, -0.2) is 21.3 Å². The maximum absolute atomic E-state index is 4.82. The molecule has 0 atom stereocenters. The van der Waals surface area contributed by atoms with Gasteiger partial charge >= 0.3 is 0 Å². The van der Waals surface area contributed by atoms with Crippen LogP contribution >= 0.6 is 0 Å². The lowest BCUT2D eigenvalue weighted by atomic mass is 10.4. The highest BCUT2D eigenvalue weighted by atomic mass is 16.5. The van der Waals surface area contributed by atoms with Gasteiger partial charge in [0, 0.05) is 13.1 Å². The van der Waals surface area contributed by atoms with E-state index in [9.17, 15) is 0 Å². The number of hydrogen-bond donors (Lipinski definition) is 1. The minimum atomic E-state index is 0.830. The predicted octanol–water partition coefficient (Wildman–Crippen LogP) is 0.128. The molecule has 2 aromatic rings. The van der Waals surface area contributed by atoms with E-state index in [-0.39, 0.29) is 0 Å². The van der Waals surface area contributed by atoms with Gasteiger partial charge in [-0.2, -0.15) is 0 Å². The fourth-order valence-corrected chi connectivity index (χ4v) is 1.57. The molecule has 0 spiro atoms. The lowest BCUT2D eigenvalue weighted by Crippen LogP contribution is -2.28. The highest BCUT2D eigenvalue weighted by Crippen LogP contribution is 2.15. The Labute approximate surface area is 68.4 Å². The third-order valence-electron chi connectivity index (χ3n) is 2.14. The van der Waals surface area contributed by atoms with Crippen molar-refractivity contribution >= 4 is 11.2 Å². The van der Waals surface area contributed by atoms with Crippen LogP contribution < -0.4 is 5.32 Å². The number of fused-ring (bicyclic) bond motifs is 3. The summed E-state index contributed by atoms with van der Waals surface area (Å²) in [6.45, 7) is 2.74. The van der Waals surface area contributed by atoms with Gasteiger partial charge in [-0.1, -0.05) is 5.16 Å². The summed E-state index contributed by atoms with van der Waals surface area (Å²) < 4.78 is 6.91. The van der Waals surface area contributed by atoms with Crippen molar-refractivity contribution in [2.75, 3.05) is 6.54 Å². The van der Waals surface area contributed by atoms with E-state index in [2.05, 4.69) is 20.0 Å². The molecule has 0 bridgehead atoms. The van der Waals surface area contributed by atoms with Crippen molar-refractivity contribution in [1.82, 2.24) is 20.0 Å². The van der Waals surface area contributed by atoms with Crippen molar-refractivity contribution in [3.05, 3.63) is 12.1 Å². The normalized spacial score (nSPS) is 16.7. The Balaban J connectivity index is 2.34. The molecule has 62 valence electrons. The number of imidazole rings is 1. The van der Waals surface area contributed by atoms with Crippen molar-refractivity contribution in [2.24, 2.45) is 0 Å². The molecular formula is C7H8N4O. The van der Waals surface area contributed by atoms with Crippen LogP contribution in [0.5, 0.6) is 0 Å². The molecule has 0 radical (unpaired) electrons. The zero-order chi connectivity index (χ0) is 7.97. The molecule has 0 amide bonds. The van der Waals surface area contributed by atoms with E-state index in [4.69, 9.17) is 4.52 Å². The van der Waals surface area contributed by atoms with E-state index in [1.54, 1.807) is 6.26 Å². The Morgan fingerprint density at radius 2 is 2.58 bits per heavy atom. The van der Waals surface area contributed by atoms with Gasteiger partial charge in [0.2, 0.25) is 5.65 Å². The molecule has 0 fully saturated rings. The fourth-order valence-electron chi connectivity index (χ4n) is 1.57. The molecule has 3 heterocycles. The molecule has 0 aromatic carbocycles. The van der Waals surface area contributed by atoms with Crippen molar-refractivity contribution in [3.63, 3.8) is 0 Å². The van der Waals surface area contributed by atoms with Crippen molar-refractivity contribution < 1.29 is 4.52 Å². The minimum Gasteiger partial charge on any atom is -0.360 e. The summed E-state index contributed by atoms with van der Waals surface area (Å²) in [7, 11) is 0. The Morgan fingerprint density at radius 3 is 3.58 bits per heavy atom. The average Bonchev–Trinajstić information content (AvgIpc) is 2.62. The summed E-state index contributed by atoms with van der Waals surface area (Å²) in [4.78, 5) is 4.36. The largest absolute Gasteiger partial charge is 0.360 e. The summed E-state index contributed by atoms with van der Waals surface area (Å²) in [5.74, 6) is 1.05. The SMILES string of the molecule is c1onc2c1nc1n2CCNC1. The first-order chi connectivity index (χ1) is 5.95. The van der Waals surface area contributed by atoms with E-state index in [0.717, 1.165) is 36.6 Å². The van der Waals surface area contributed by atoms with Crippen molar-refractivity contribution in [3.8, 4) is 0 Å². The molecule has 2 aromatic heterocycles. The van der Waals surface area contributed by atoms with Gasteiger partial charge in [0.15, 0.2) is 6.26 Å². The predicted molar refractivity (Wildman–Crippen MR) is 41.5 cm³/mol. The standard InChI is InChI=1S/C7H8N4O/c1-2-11-6(3-8-1)9-5-4-12-10-7(5)11/h4,8H,1-3H2. The van der Waals surface area contributed by atoms with E-state index in [1.807, 2.05) is 0 Å². The van der Waals surface area contributed by atoms with Crippen LogP contribution in [0.4, 0.5) is 0 Å². The number of nitrogens with one attached hydrogen (secondary N) is 1. The summed E-state index contributed by atoms with van der Waals surface area (Å²) in [6.07, 6.45) is 1.58. The van der Waals surface area contributed by atoms with Crippen LogP contribution in [0.2, 0.25) is 0 Å². The number of rotatable bonds is 0. The van der Waals surface area contributed by atoms with Crippen molar-refractivity contribution in [1.29, 1.82) is 0 Å². The monoisotopic (exact) mass is 164 g/mol. The van der Waals surface area contributed by atoms with Crippen LogP contribution in [0.15, 0.2) is 10.8 Å². The van der Waals surface area contributed by atoms with Crippen LogP contribution in [0.1, 0.15) is 5.82 Å². The second-order valence-corrected chi connectivity index (χ2v) is 2.88. The third kappa shape index (κ3) is 0.660. The molecule has 0 saturated heterocycles. The van der Waals surface area contributed by atoms with Crippen LogP contribution in [0, 0.1) is 0 Å². The molecule has 0 saturated carbocycles. The second kappa shape index (κ2) is 2.07. The fraction of sp³-hybridized carbons (Fsp3) is 0.429. The number of nitrogens with zero attached hydrogens (tertiary/aromatic N) is 3. The molecule has 12 heavy (non-hydrogen) atoms. The molecule has 5 heteroatoms. The second-order valence-electron chi connectivity index (χ2n) is 2.88. The molecule has 1 aliphatic heterocycles. The van der Waals surface area contributed by atoms with Gasteiger partial charge in [0.25, 0.3) is 0 Å². The Bertz CT molecular complexity index is 416. The summed E-state index contributed by atoms with van der Waals surface area (Å²) >= 11 is 0. The van der Waals surface area contributed by atoms with Gasteiger partial charge in [-0.05, 0) is 0 Å². The van der Waals surface area contributed by atoms with Gasteiger partial charge in [-0.25, -0.2) is 4.98 Å². The maximum atomic E-state index is 4.82. The molecule has 1 aliphatic rings. The van der Waals surface area contributed by atoms with Gasteiger partial charge in [-0.3, -0.25) is 0 Å². The topological polar surface area (TPSA) is 55.9 Å². The summed E-state index contributed by atoms with van der Waals surface area (Å²) in [6, 6.07) is 0. The Hall–Kier alpha value is -1.36. The van der Waals surface area contributed by atoms with Crippen LogP contribution in [0.3, 0.4) is 0 Å². The van der Waals surface area contributed by atoms with E-state index in [1.165, 1.54) is 0 Å². The molecule has 0 unspecified atom stereocenters. The van der Waals surface area contributed by atoms with Gasteiger partial charge in [-0.15, -0.1) is 0 Å².